The molecule has 0 atom stereocenters. The molecule has 0 bridgehead atoms. The quantitative estimate of drug-likeness (QED) is 0.641. The van der Waals surface area contributed by atoms with Crippen LogP contribution in [-0.2, 0) is 4.74 Å². The Kier molecular flexibility index (Phi) is 3.05. The molecule has 1 aliphatic rings. The Morgan fingerprint density at radius 3 is 2.86 bits per heavy atom. The van der Waals surface area contributed by atoms with Crippen molar-refractivity contribution < 1.29 is 4.74 Å². The number of ether oxygens (including phenoxy) is 1. The van der Waals surface area contributed by atoms with Gasteiger partial charge in [-0.25, -0.2) is 9.83 Å². The van der Waals surface area contributed by atoms with Crippen LogP contribution in [-0.4, -0.2) is 27.7 Å². The van der Waals surface area contributed by atoms with E-state index in [1.807, 2.05) is 31.3 Å². The third kappa shape index (κ3) is 1.96. The predicted octanol–water partition coefficient (Wildman–Crippen LogP) is 3.80. The molecule has 5 nitrogen and oxygen atoms in total. The first kappa shape index (κ1) is 13.2. The minimum Gasteiger partial charge on any atom is -0.381 e. The van der Waals surface area contributed by atoms with E-state index >= 15 is 0 Å². The van der Waals surface area contributed by atoms with Gasteiger partial charge >= 0.3 is 0 Å². The number of pyridine rings is 1. The van der Waals surface area contributed by atoms with E-state index in [4.69, 9.17) is 11.3 Å². The summed E-state index contributed by atoms with van der Waals surface area (Å²) in [5, 5.41) is 1.01. The molecule has 0 unspecified atom stereocenters. The highest BCUT2D eigenvalue weighted by Crippen LogP contribution is 2.33. The highest BCUT2D eigenvalue weighted by atomic mass is 16.5. The van der Waals surface area contributed by atoms with Gasteiger partial charge in [0.15, 0.2) is 5.69 Å². The molecule has 1 aliphatic heterocycles. The molecule has 0 N–H and O–H groups in total. The van der Waals surface area contributed by atoms with E-state index in [2.05, 4.69) is 19.4 Å². The standard InChI is InChI=1S/C17H16N4O/c1-11-20-16-10-19-15-4-3-12(18-2)9-14(15)17(16)21(11)13-5-7-22-8-6-13/h3-4,9-10,13H,5-8H2,1H3. The first-order valence-electron chi connectivity index (χ1n) is 7.50. The monoisotopic (exact) mass is 292 g/mol. The molecule has 3 heterocycles. The van der Waals surface area contributed by atoms with E-state index in [1.54, 1.807) is 0 Å². The van der Waals surface area contributed by atoms with Gasteiger partial charge in [0.2, 0.25) is 0 Å². The molecule has 0 spiro atoms. The topological polar surface area (TPSA) is 44.3 Å². The predicted molar refractivity (Wildman–Crippen MR) is 85.1 cm³/mol. The summed E-state index contributed by atoms with van der Waals surface area (Å²) in [6.07, 6.45) is 3.83. The van der Waals surface area contributed by atoms with Crippen molar-refractivity contribution in [3.8, 4) is 0 Å². The Labute approximate surface area is 128 Å². The number of aromatic nitrogens is 3. The number of hydrogen-bond donors (Lipinski definition) is 0. The maximum absolute atomic E-state index is 7.25. The largest absolute Gasteiger partial charge is 0.381 e. The van der Waals surface area contributed by atoms with Crippen molar-refractivity contribution in [1.29, 1.82) is 0 Å². The molecule has 1 fully saturated rings. The first-order chi connectivity index (χ1) is 10.8. The molecule has 1 saturated heterocycles. The normalized spacial score (nSPS) is 16.2. The van der Waals surface area contributed by atoms with Crippen molar-refractivity contribution in [2.45, 2.75) is 25.8 Å². The zero-order valence-corrected chi connectivity index (χ0v) is 12.4. The molecule has 2 aromatic heterocycles. The third-order valence-electron chi connectivity index (χ3n) is 4.36. The van der Waals surface area contributed by atoms with E-state index in [0.29, 0.717) is 11.7 Å². The van der Waals surface area contributed by atoms with Gasteiger partial charge in [0.05, 0.1) is 23.8 Å². The van der Waals surface area contributed by atoms with E-state index in [0.717, 1.165) is 53.8 Å². The second kappa shape index (κ2) is 5.08. The van der Waals surface area contributed by atoms with Crippen molar-refractivity contribution in [2.75, 3.05) is 13.2 Å². The number of hydrogen-bond acceptors (Lipinski definition) is 3. The molecule has 4 rings (SSSR count). The van der Waals surface area contributed by atoms with Crippen LogP contribution in [0.25, 0.3) is 26.8 Å². The minimum absolute atomic E-state index is 0.404. The average molecular weight is 292 g/mol. The molecule has 3 aromatic rings. The van der Waals surface area contributed by atoms with Crippen molar-refractivity contribution in [1.82, 2.24) is 14.5 Å². The highest BCUT2D eigenvalue weighted by molar-refractivity contribution is 6.03. The average Bonchev–Trinajstić information content (AvgIpc) is 2.91. The summed E-state index contributed by atoms with van der Waals surface area (Å²) < 4.78 is 7.80. The minimum atomic E-state index is 0.404. The number of fused-ring (bicyclic) bond motifs is 3. The van der Waals surface area contributed by atoms with Crippen LogP contribution in [0.3, 0.4) is 0 Å². The van der Waals surface area contributed by atoms with Crippen LogP contribution in [0.15, 0.2) is 24.4 Å². The van der Waals surface area contributed by atoms with E-state index in [1.165, 1.54) is 0 Å². The SMILES string of the molecule is [C-]#[N+]c1ccc2ncc3nc(C)n(C4CCOCC4)c3c2c1. The maximum atomic E-state index is 7.25. The van der Waals surface area contributed by atoms with E-state index < -0.39 is 0 Å². The van der Waals surface area contributed by atoms with Gasteiger partial charge < -0.3 is 9.30 Å². The number of aryl methyl sites for hydroxylation is 1. The molecule has 110 valence electrons. The van der Waals surface area contributed by atoms with Crippen molar-refractivity contribution in [3.05, 3.63) is 41.6 Å². The fourth-order valence-electron chi connectivity index (χ4n) is 3.34. The smallest absolute Gasteiger partial charge is 0.188 e. The number of imidazole rings is 1. The zero-order valence-electron chi connectivity index (χ0n) is 12.4. The van der Waals surface area contributed by atoms with Crippen LogP contribution >= 0.6 is 0 Å². The Hall–Kier alpha value is -2.45. The van der Waals surface area contributed by atoms with Crippen LogP contribution in [0.2, 0.25) is 0 Å². The highest BCUT2D eigenvalue weighted by Gasteiger charge is 2.21. The summed E-state index contributed by atoms with van der Waals surface area (Å²) >= 11 is 0. The van der Waals surface area contributed by atoms with Gasteiger partial charge in [-0.15, -0.1) is 0 Å². The molecule has 0 radical (unpaired) electrons. The molecule has 0 aliphatic carbocycles. The van der Waals surface area contributed by atoms with Crippen LogP contribution < -0.4 is 0 Å². The summed E-state index contributed by atoms with van der Waals surface area (Å²) in [5.74, 6) is 1.00. The van der Waals surface area contributed by atoms with Gasteiger partial charge in [0, 0.05) is 24.6 Å². The van der Waals surface area contributed by atoms with Crippen LogP contribution in [0.1, 0.15) is 24.7 Å². The Balaban J connectivity index is 2.04. The Morgan fingerprint density at radius 1 is 1.27 bits per heavy atom. The molecule has 22 heavy (non-hydrogen) atoms. The fraction of sp³-hybridized carbons (Fsp3) is 0.353. The maximum Gasteiger partial charge on any atom is 0.188 e. The number of benzene rings is 1. The summed E-state index contributed by atoms with van der Waals surface area (Å²) in [6.45, 7) is 10.9. The van der Waals surface area contributed by atoms with Gasteiger partial charge in [-0.1, -0.05) is 6.07 Å². The lowest BCUT2D eigenvalue weighted by Gasteiger charge is -2.25. The molecule has 0 amide bonds. The van der Waals surface area contributed by atoms with Gasteiger partial charge in [-0.3, -0.25) is 4.98 Å². The van der Waals surface area contributed by atoms with Gasteiger partial charge in [0.1, 0.15) is 11.3 Å². The van der Waals surface area contributed by atoms with Crippen LogP contribution in [0.4, 0.5) is 5.69 Å². The Bertz CT molecular complexity index is 900. The van der Waals surface area contributed by atoms with Crippen molar-refractivity contribution in [2.24, 2.45) is 0 Å². The number of nitrogens with zero attached hydrogens (tertiary/aromatic N) is 4. The summed E-state index contributed by atoms with van der Waals surface area (Å²) in [4.78, 5) is 12.7. The van der Waals surface area contributed by atoms with Gasteiger partial charge in [-0.05, 0) is 31.9 Å². The lowest BCUT2D eigenvalue weighted by molar-refractivity contribution is 0.0701. The van der Waals surface area contributed by atoms with Gasteiger partial charge in [-0.2, -0.15) is 0 Å². The first-order valence-corrected chi connectivity index (χ1v) is 7.50. The summed E-state index contributed by atoms with van der Waals surface area (Å²) in [7, 11) is 0. The molecule has 1 aromatic carbocycles. The molecule has 5 heteroatoms. The van der Waals surface area contributed by atoms with E-state index in [-0.39, 0.29) is 0 Å². The second-order valence-electron chi connectivity index (χ2n) is 5.68. The van der Waals surface area contributed by atoms with Crippen molar-refractivity contribution >= 4 is 27.6 Å². The molecular weight excluding hydrogens is 276 g/mol. The van der Waals surface area contributed by atoms with Crippen LogP contribution in [0.5, 0.6) is 0 Å². The lowest BCUT2D eigenvalue weighted by atomic mass is 10.1. The summed E-state index contributed by atoms with van der Waals surface area (Å²) in [5.41, 5.74) is 3.55. The third-order valence-corrected chi connectivity index (χ3v) is 4.36. The fourth-order valence-corrected chi connectivity index (χ4v) is 3.34. The van der Waals surface area contributed by atoms with Gasteiger partial charge in [0.25, 0.3) is 0 Å². The Morgan fingerprint density at radius 2 is 2.09 bits per heavy atom. The zero-order chi connectivity index (χ0) is 15.1. The molecule has 0 saturated carbocycles. The number of rotatable bonds is 1. The molecular formula is C17H16N4O. The summed E-state index contributed by atoms with van der Waals surface area (Å²) in [6, 6.07) is 6.06. The second-order valence-corrected chi connectivity index (χ2v) is 5.68. The van der Waals surface area contributed by atoms with Crippen molar-refractivity contribution in [3.63, 3.8) is 0 Å². The van der Waals surface area contributed by atoms with Crippen LogP contribution in [0, 0.1) is 13.5 Å². The lowest BCUT2D eigenvalue weighted by Crippen LogP contribution is -2.20. The van der Waals surface area contributed by atoms with E-state index in [9.17, 15) is 0 Å².